The summed E-state index contributed by atoms with van der Waals surface area (Å²) in [6, 6.07) is 0. The summed E-state index contributed by atoms with van der Waals surface area (Å²) in [6.45, 7) is 19.9. The highest BCUT2D eigenvalue weighted by Gasteiger charge is 2.65. The maximum atomic E-state index is 12.2. The number of nitrogens with zero attached hydrogens (tertiary/aromatic N) is 2. The number of nitrogens with two attached hydrogens (primary N) is 2. The standard InChI is InChI=1S/2C21H34N2O2.C21H32O3/c2*1-12(23-22)16-6-7-17-15-5-4-13-10-14(24)8-9-20(13,2)19(15)18(25)11-21(16,17)3;1-12(22)16-6-7-17-15-5-4-13-10-14(23)8-9-20(13,2)19(15)18(24)11-21(16,17)3/h2*4,14-19,24-25H,5-11,22H2,1-3H3;4,14-19,23-24H,5-11H2,1-3H3/b2*23-12+;/t3*14-,15-,16+,17-,18-,19+,20-,21+/m000/s1. The highest BCUT2D eigenvalue weighted by Crippen LogP contribution is 2.70. The Kier molecular flexibility index (Phi) is 14.7. The Balaban J connectivity index is 0.000000127. The minimum absolute atomic E-state index is 0.0255. The van der Waals surface area contributed by atoms with Crippen LogP contribution in [-0.2, 0) is 4.79 Å². The van der Waals surface area contributed by atoms with Gasteiger partial charge in [0, 0.05) is 29.2 Å². The van der Waals surface area contributed by atoms with E-state index in [9.17, 15) is 35.4 Å². The van der Waals surface area contributed by atoms with Crippen LogP contribution in [0.2, 0.25) is 0 Å². The second kappa shape index (κ2) is 19.7. The first-order chi connectivity index (χ1) is 34.9. The predicted octanol–water partition coefficient (Wildman–Crippen LogP) is 9.95. The summed E-state index contributed by atoms with van der Waals surface area (Å²) in [4.78, 5) is 12.2. The van der Waals surface area contributed by atoms with Crippen molar-refractivity contribution in [2.75, 3.05) is 0 Å². The largest absolute Gasteiger partial charge is 0.393 e. The fraction of sp³-hybridized carbons (Fsp3) is 0.857. The van der Waals surface area contributed by atoms with Crippen molar-refractivity contribution in [3.63, 3.8) is 0 Å². The van der Waals surface area contributed by atoms with Crippen molar-refractivity contribution in [1.82, 2.24) is 0 Å². The molecule has 11 heteroatoms. The number of hydrogen-bond donors (Lipinski definition) is 8. The molecule has 0 amide bonds. The topological polar surface area (TPSA) is 215 Å². The number of ketones is 1. The highest BCUT2D eigenvalue weighted by atomic mass is 16.3. The van der Waals surface area contributed by atoms with Gasteiger partial charge in [-0.2, -0.15) is 10.2 Å². The lowest BCUT2D eigenvalue weighted by Gasteiger charge is -2.59. The normalized spacial score (nSPS) is 53.1. The van der Waals surface area contributed by atoms with Crippen LogP contribution in [0.4, 0.5) is 0 Å². The van der Waals surface area contributed by atoms with E-state index < -0.39 is 0 Å². The summed E-state index contributed by atoms with van der Waals surface area (Å²) in [5, 5.41) is 72.1. The van der Waals surface area contributed by atoms with E-state index in [1.807, 2.05) is 0 Å². The molecule has 0 aliphatic heterocycles. The summed E-state index contributed by atoms with van der Waals surface area (Å²) in [6.07, 6.45) is 26.3. The molecule has 0 saturated heterocycles. The van der Waals surface area contributed by atoms with Gasteiger partial charge in [-0.15, -0.1) is 0 Å². The number of allylic oxidation sites excluding steroid dienone is 3. The van der Waals surface area contributed by atoms with Gasteiger partial charge in [0.15, 0.2) is 0 Å². The summed E-state index contributed by atoms with van der Waals surface area (Å²) in [7, 11) is 0. The van der Waals surface area contributed by atoms with Gasteiger partial charge in [0.25, 0.3) is 0 Å². The Morgan fingerprint density at radius 2 is 0.743 bits per heavy atom. The molecule has 0 heterocycles. The summed E-state index contributed by atoms with van der Waals surface area (Å²) >= 11 is 0. The van der Waals surface area contributed by atoms with Crippen molar-refractivity contribution < 1.29 is 35.4 Å². The third-order valence-corrected chi connectivity index (χ3v) is 25.9. The fourth-order valence-corrected chi connectivity index (χ4v) is 22.5. The lowest BCUT2D eigenvalue weighted by Crippen LogP contribution is -2.56. The average molecular weight is 1030 g/mol. The monoisotopic (exact) mass is 1020 g/mol. The van der Waals surface area contributed by atoms with Gasteiger partial charge in [-0.05, 0) is 241 Å². The molecule has 9 fully saturated rings. The summed E-state index contributed by atoms with van der Waals surface area (Å²) < 4.78 is 0. The molecule has 0 spiro atoms. The molecule has 12 rings (SSSR count). The molecule has 10 N–H and O–H groups in total. The molecule has 74 heavy (non-hydrogen) atoms. The number of aliphatic hydroxyl groups excluding tert-OH is 6. The lowest BCUT2D eigenvalue weighted by atomic mass is 9.46. The first kappa shape index (κ1) is 54.9. The number of Topliss-reactive ketones (excluding diaryl/α,β-unsaturated/α-hetero) is 1. The number of aliphatic hydroxyl groups is 6. The molecule has 9 saturated carbocycles. The Labute approximate surface area is 445 Å². The van der Waals surface area contributed by atoms with Crippen LogP contribution in [0.15, 0.2) is 45.2 Å². The van der Waals surface area contributed by atoms with Crippen LogP contribution in [0.3, 0.4) is 0 Å². The minimum Gasteiger partial charge on any atom is -0.393 e. The van der Waals surface area contributed by atoms with Crippen LogP contribution in [0.1, 0.15) is 197 Å². The van der Waals surface area contributed by atoms with Gasteiger partial charge >= 0.3 is 0 Å². The molecular weight excluding hydrogens is 925 g/mol. The third kappa shape index (κ3) is 8.47. The van der Waals surface area contributed by atoms with E-state index >= 15 is 0 Å². The Hall–Kier alpha value is -2.41. The van der Waals surface area contributed by atoms with Gasteiger partial charge in [0.05, 0.1) is 36.6 Å². The maximum absolute atomic E-state index is 12.2. The van der Waals surface area contributed by atoms with Crippen molar-refractivity contribution in [2.45, 2.75) is 234 Å². The maximum Gasteiger partial charge on any atom is 0.133 e. The van der Waals surface area contributed by atoms with E-state index in [1.165, 1.54) is 29.6 Å². The number of carbonyl (C=O) groups is 1. The van der Waals surface area contributed by atoms with E-state index in [4.69, 9.17) is 11.7 Å². The van der Waals surface area contributed by atoms with Crippen molar-refractivity contribution in [1.29, 1.82) is 0 Å². The third-order valence-electron chi connectivity index (χ3n) is 25.9. The number of fused-ring (bicyclic) bond motifs is 15. The molecule has 12 aliphatic carbocycles. The Morgan fingerprint density at radius 3 is 1.03 bits per heavy atom. The fourth-order valence-electron chi connectivity index (χ4n) is 22.5. The predicted molar refractivity (Wildman–Crippen MR) is 293 cm³/mol. The Morgan fingerprint density at radius 1 is 0.459 bits per heavy atom. The van der Waals surface area contributed by atoms with Gasteiger partial charge in [-0.25, -0.2) is 0 Å². The molecule has 0 unspecified atom stereocenters. The molecule has 0 radical (unpaired) electrons. The molecule has 24 atom stereocenters. The molecule has 12 aliphatic rings. The number of hydrazone groups is 2. The van der Waals surface area contributed by atoms with Crippen molar-refractivity contribution in [2.24, 2.45) is 125 Å². The van der Waals surface area contributed by atoms with Crippen LogP contribution < -0.4 is 11.7 Å². The first-order valence-electron chi connectivity index (χ1n) is 30.1. The zero-order valence-electron chi connectivity index (χ0n) is 47.1. The SMILES string of the molecule is C/C(=N\N)[C@H]1CC[C@H]2[C@@H]3CC=C4C[C@@H](O)CC[C@]4(C)[C@H]3[C@@H](O)C[C@]12C.C/C(=N\N)[C@H]1CC[C@H]2[C@@H]3CC=C4C[C@@H](O)CC[C@]4(C)[C@H]3[C@@H](O)C[C@]12C.CC(=O)[C@H]1CC[C@H]2[C@@H]3CC=C4C[C@@H](O)CC[C@]4(C)[C@H]3[C@@H](O)C[C@]12C. The van der Waals surface area contributed by atoms with Gasteiger partial charge in [-0.3, -0.25) is 4.79 Å². The van der Waals surface area contributed by atoms with Crippen LogP contribution in [0, 0.1) is 104 Å². The van der Waals surface area contributed by atoms with E-state index in [0.29, 0.717) is 70.9 Å². The minimum atomic E-state index is -0.319. The molecule has 0 bridgehead atoms. The van der Waals surface area contributed by atoms with Gasteiger partial charge < -0.3 is 42.3 Å². The van der Waals surface area contributed by atoms with E-state index in [1.54, 1.807) is 6.92 Å². The Bertz CT molecular complexity index is 2210. The van der Waals surface area contributed by atoms with E-state index in [2.05, 4.69) is 83.8 Å². The zero-order chi connectivity index (χ0) is 53.2. The highest BCUT2D eigenvalue weighted by molar-refractivity contribution is 5.86. The van der Waals surface area contributed by atoms with E-state index in [-0.39, 0.29) is 75.0 Å². The number of carbonyl (C=O) groups excluding carboxylic acids is 1. The number of rotatable bonds is 3. The first-order valence-corrected chi connectivity index (χ1v) is 30.1. The van der Waals surface area contributed by atoms with Crippen molar-refractivity contribution in [3.05, 3.63) is 34.9 Å². The van der Waals surface area contributed by atoms with Crippen LogP contribution >= 0.6 is 0 Å². The van der Waals surface area contributed by atoms with E-state index in [0.717, 1.165) is 133 Å². The van der Waals surface area contributed by atoms with Crippen LogP contribution in [0.5, 0.6) is 0 Å². The van der Waals surface area contributed by atoms with Gasteiger partial charge in [0.2, 0.25) is 0 Å². The van der Waals surface area contributed by atoms with Crippen LogP contribution in [-0.4, -0.2) is 84.5 Å². The van der Waals surface area contributed by atoms with Crippen molar-refractivity contribution >= 4 is 17.2 Å². The second-order valence-electron chi connectivity index (χ2n) is 29.1. The molecular formula is C63H100N4O7. The average Bonchev–Trinajstić information content (AvgIpc) is 4.01. The molecule has 414 valence electrons. The zero-order valence-corrected chi connectivity index (χ0v) is 47.1. The molecule has 11 nitrogen and oxygen atoms in total. The van der Waals surface area contributed by atoms with Crippen LogP contribution in [0.25, 0.3) is 0 Å². The lowest BCUT2D eigenvalue weighted by molar-refractivity contribution is -0.140. The van der Waals surface area contributed by atoms with Gasteiger partial charge in [0.1, 0.15) is 5.78 Å². The molecule has 0 aromatic carbocycles. The van der Waals surface area contributed by atoms with Gasteiger partial charge in [-0.1, -0.05) is 76.5 Å². The summed E-state index contributed by atoms with van der Waals surface area (Å²) in [5.41, 5.74) is 6.67. The summed E-state index contributed by atoms with van der Waals surface area (Å²) in [5.74, 6) is 16.9. The quantitative estimate of drug-likeness (QED) is 0.0584. The second-order valence-corrected chi connectivity index (χ2v) is 29.1. The smallest absolute Gasteiger partial charge is 0.133 e. The number of hydrogen-bond acceptors (Lipinski definition) is 11. The van der Waals surface area contributed by atoms with Crippen molar-refractivity contribution in [3.8, 4) is 0 Å². The molecule has 0 aromatic rings. The molecule has 0 aromatic heterocycles.